The van der Waals surface area contributed by atoms with Crippen molar-refractivity contribution >= 4 is 11.9 Å². The van der Waals surface area contributed by atoms with E-state index in [1.807, 2.05) is 32.9 Å². The van der Waals surface area contributed by atoms with E-state index in [-0.39, 0.29) is 18.5 Å². The molecule has 110 valence electrons. The van der Waals surface area contributed by atoms with Crippen LogP contribution in [0, 0.1) is 0 Å². The Morgan fingerprint density at radius 3 is 2.25 bits per heavy atom. The maximum Gasteiger partial charge on any atom is 0.337 e. The molecule has 20 heavy (non-hydrogen) atoms. The number of carbonyl (C=O) groups is 2. The quantitative estimate of drug-likeness (QED) is 0.834. The number of benzene rings is 1. The molecule has 0 aliphatic heterocycles. The first-order chi connectivity index (χ1) is 9.31. The first-order valence-electron chi connectivity index (χ1n) is 6.41. The van der Waals surface area contributed by atoms with Gasteiger partial charge in [-0.1, -0.05) is 12.1 Å². The number of methoxy groups -OCH3 is 1. The molecule has 1 aromatic rings. The molecule has 0 aromatic heterocycles. The van der Waals surface area contributed by atoms with E-state index in [1.165, 1.54) is 7.11 Å². The Hall–Kier alpha value is -1.88. The van der Waals surface area contributed by atoms with E-state index in [0.717, 1.165) is 5.56 Å². The SMILES string of the molecule is COC(=O)c1ccc(CNCC(=O)OC(C)(C)C)cc1. The minimum atomic E-state index is -0.471. The zero-order valence-electron chi connectivity index (χ0n) is 12.4. The van der Waals surface area contributed by atoms with E-state index in [0.29, 0.717) is 12.1 Å². The van der Waals surface area contributed by atoms with Gasteiger partial charge in [-0.2, -0.15) is 0 Å². The second-order valence-corrected chi connectivity index (χ2v) is 5.38. The normalized spacial score (nSPS) is 11.0. The van der Waals surface area contributed by atoms with Gasteiger partial charge in [0, 0.05) is 6.54 Å². The van der Waals surface area contributed by atoms with E-state index < -0.39 is 5.60 Å². The number of hydrogen-bond donors (Lipinski definition) is 1. The van der Waals surface area contributed by atoms with Crippen molar-refractivity contribution in [3.05, 3.63) is 35.4 Å². The van der Waals surface area contributed by atoms with Crippen LogP contribution in [0.3, 0.4) is 0 Å². The molecule has 5 heteroatoms. The van der Waals surface area contributed by atoms with Gasteiger partial charge < -0.3 is 14.8 Å². The summed E-state index contributed by atoms with van der Waals surface area (Å²) < 4.78 is 9.80. The van der Waals surface area contributed by atoms with E-state index >= 15 is 0 Å². The number of nitrogens with one attached hydrogen (secondary N) is 1. The van der Waals surface area contributed by atoms with Gasteiger partial charge >= 0.3 is 11.9 Å². The smallest absolute Gasteiger partial charge is 0.337 e. The molecule has 0 heterocycles. The summed E-state index contributed by atoms with van der Waals surface area (Å²) in [5.74, 6) is -0.651. The molecule has 0 spiro atoms. The van der Waals surface area contributed by atoms with Crippen LogP contribution in [0.4, 0.5) is 0 Å². The molecular formula is C15H21NO4. The highest BCUT2D eigenvalue weighted by atomic mass is 16.6. The van der Waals surface area contributed by atoms with Gasteiger partial charge in [-0.25, -0.2) is 4.79 Å². The highest BCUT2D eigenvalue weighted by molar-refractivity contribution is 5.89. The van der Waals surface area contributed by atoms with Gasteiger partial charge in [-0.15, -0.1) is 0 Å². The fourth-order valence-electron chi connectivity index (χ4n) is 1.56. The largest absolute Gasteiger partial charge is 0.465 e. The van der Waals surface area contributed by atoms with Crippen LogP contribution < -0.4 is 5.32 Å². The molecule has 0 saturated heterocycles. The second kappa shape index (κ2) is 7.05. The molecule has 0 aliphatic rings. The lowest BCUT2D eigenvalue weighted by Gasteiger charge is -2.19. The average Bonchev–Trinajstić information content (AvgIpc) is 2.36. The topological polar surface area (TPSA) is 64.6 Å². The van der Waals surface area contributed by atoms with Crippen molar-refractivity contribution in [2.75, 3.05) is 13.7 Å². The summed E-state index contributed by atoms with van der Waals surface area (Å²) in [6, 6.07) is 7.01. The van der Waals surface area contributed by atoms with Crippen molar-refractivity contribution in [2.24, 2.45) is 0 Å². The van der Waals surface area contributed by atoms with Gasteiger partial charge in [-0.3, -0.25) is 4.79 Å². The lowest BCUT2D eigenvalue weighted by molar-refractivity contribution is -0.153. The lowest BCUT2D eigenvalue weighted by Crippen LogP contribution is -2.31. The van der Waals surface area contributed by atoms with Crippen molar-refractivity contribution in [1.82, 2.24) is 5.32 Å². The zero-order valence-corrected chi connectivity index (χ0v) is 12.4. The lowest BCUT2D eigenvalue weighted by atomic mass is 10.1. The maximum absolute atomic E-state index is 11.5. The number of hydrogen-bond acceptors (Lipinski definition) is 5. The van der Waals surface area contributed by atoms with Gasteiger partial charge in [0.15, 0.2) is 0 Å². The summed E-state index contributed by atoms with van der Waals surface area (Å²) in [7, 11) is 1.35. The van der Waals surface area contributed by atoms with Gasteiger partial charge in [0.25, 0.3) is 0 Å². The Bertz CT molecular complexity index is 460. The van der Waals surface area contributed by atoms with Crippen LogP contribution in [0.5, 0.6) is 0 Å². The summed E-state index contributed by atoms with van der Waals surface area (Å²) in [6.45, 7) is 6.17. The third-order valence-corrected chi connectivity index (χ3v) is 2.39. The Kier molecular flexibility index (Phi) is 5.70. The van der Waals surface area contributed by atoms with Gasteiger partial charge in [0.05, 0.1) is 19.2 Å². The van der Waals surface area contributed by atoms with Crippen LogP contribution in [-0.2, 0) is 20.8 Å². The van der Waals surface area contributed by atoms with Crippen molar-refractivity contribution in [3.63, 3.8) is 0 Å². The highest BCUT2D eigenvalue weighted by Gasteiger charge is 2.15. The van der Waals surface area contributed by atoms with Crippen LogP contribution in [0.15, 0.2) is 24.3 Å². The predicted molar refractivity (Wildman–Crippen MR) is 75.3 cm³/mol. The average molecular weight is 279 g/mol. The number of rotatable bonds is 5. The molecule has 1 rings (SSSR count). The highest BCUT2D eigenvalue weighted by Crippen LogP contribution is 2.07. The third kappa shape index (κ3) is 5.84. The molecule has 0 saturated carbocycles. The fourth-order valence-corrected chi connectivity index (χ4v) is 1.56. The summed E-state index contributed by atoms with van der Waals surface area (Å²) in [5.41, 5.74) is 1.01. The van der Waals surface area contributed by atoms with Crippen molar-refractivity contribution in [3.8, 4) is 0 Å². The van der Waals surface area contributed by atoms with Gasteiger partial charge in [0.2, 0.25) is 0 Å². The summed E-state index contributed by atoms with van der Waals surface area (Å²) >= 11 is 0. The Morgan fingerprint density at radius 1 is 1.15 bits per heavy atom. The molecule has 1 N–H and O–H groups in total. The van der Waals surface area contributed by atoms with Crippen molar-refractivity contribution in [2.45, 2.75) is 32.9 Å². The Morgan fingerprint density at radius 2 is 1.75 bits per heavy atom. The van der Waals surface area contributed by atoms with Crippen LogP contribution in [0.25, 0.3) is 0 Å². The number of ether oxygens (including phenoxy) is 2. The van der Waals surface area contributed by atoms with Crippen LogP contribution in [0.1, 0.15) is 36.7 Å². The first kappa shape index (κ1) is 16.2. The van der Waals surface area contributed by atoms with E-state index in [1.54, 1.807) is 12.1 Å². The van der Waals surface area contributed by atoms with Gasteiger partial charge in [-0.05, 0) is 38.5 Å². The van der Waals surface area contributed by atoms with Crippen molar-refractivity contribution in [1.29, 1.82) is 0 Å². The third-order valence-electron chi connectivity index (χ3n) is 2.39. The standard InChI is InChI=1S/C15H21NO4/c1-15(2,3)20-13(17)10-16-9-11-5-7-12(8-6-11)14(18)19-4/h5-8,16H,9-10H2,1-4H3. The molecule has 0 amide bonds. The van der Waals surface area contributed by atoms with Gasteiger partial charge in [0.1, 0.15) is 5.60 Å². The van der Waals surface area contributed by atoms with E-state index in [2.05, 4.69) is 10.1 Å². The van der Waals surface area contributed by atoms with Crippen molar-refractivity contribution < 1.29 is 19.1 Å². The predicted octanol–water partition coefficient (Wildman–Crippen LogP) is 1.90. The molecule has 0 fully saturated rings. The molecule has 1 aromatic carbocycles. The van der Waals surface area contributed by atoms with Crippen LogP contribution >= 0.6 is 0 Å². The van der Waals surface area contributed by atoms with Crippen LogP contribution in [0.2, 0.25) is 0 Å². The Labute approximate surface area is 119 Å². The maximum atomic E-state index is 11.5. The number of carbonyl (C=O) groups excluding carboxylic acids is 2. The fraction of sp³-hybridized carbons (Fsp3) is 0.467. The molecule has 0 radical (unpaired) electrons. The Balaban J connectivity index is 2.39. The first-order valence-corrected chi connectivity index (χ1v) is 6.41. The molecule has 0 atom stereocenters. The molecule has 0 aliphatic carbocycles. The van der Waals surface area contributed by atoms with E-state index in [9.17, 15) is 9.59 Å². The minimum Gasteiger partial charge on any atom is -0.465 e. The molecule has 0 bridgehead atoms. The molecular weight excluding hydrogens is 258 g/mol. The minimum absolute atomic E-state index is 0.149. The summed E-state index contributed by atoms with van der Waals surface area (Å²) in [4.78, 5) is 22.7. The second-order valence-electron chi connectivity index (χ2n) is 5.38. The molecule has 5 nitrogen and oxygen atoms in total. The van der Waals surface area contributed by atoms with Crippen LogP contribution in [-0.4, -0.2) is 31.2 Å². The molecule has 0 unspecified atom stereocenters. The monoisotopic (exact) mass is 279 g/mol. The summed E-state index contributed by atoms with van der Waals surface area (Å²) in [5, 5.41) is 3.00. The van der Waals surface area contributed by atoms with E-state index in [4.69, 9.17) is 4.74 Å². The number of esters is 2. The summed E-state index contributed by atoms with van der Waals surface area (Å²) in [6.07, 6.45) is 0. The zero-order chi connectivity index (χ0) is 15.2.